The normalized spacial score (nSPS) is 11.7. The summed E-state index contributed by atoms with van der Waals surface area (Å²) in [7, 11) is 0. The third-order valence-electron chi connectivity index (χ3n) is 8.37. The maximum absolute atomic E-state index is 5.13. The van der Waals surface area contributed by atoms with Crippen molar-refractivity contribution >= 4 is 43.6 Å². The molecule has 0 atom stereocenters. The predicted octanol–water partition coefficient (Wildman–Crippen LogP) is 8.50. The van der Waals surface area contributed by atoms with Crippen LogP contribution in [0, 0.1) is 6.92 Å². The first-order valence-electron chi connectivity index (χ1n) is 14.8. The van der Waals surface area contributed by atoms with Crippen LogP contribution in [0.5, 0.6) is 0 Å². The highest BCUT2D eigenvalue weighted by molar-refractivity contribution is 6.09. The van der Waals surface area contributed by atoms with Crippen molar-refractivity contribution in [2.75, 3.05) is 0 Å². The average Bonchev–Trinajstić information content (AvgIpc) is 3.61. The van der Waals surface area contributed by atoms with E-state index in [9.17, 15) is 0 Å². The maximum Gasteiger partial charge on any atom is 0.138 e. The summed E-state index contributed by atoms with van der Waals surface area (Å²) in [5.41, 5.74) is 8.45. The van der Waals surface area contributed by atoms with Gasteiger partial charge in [0.05, 0.1) is 57.2 Å². The van der Waals surface area contributed by atoms with Crippen LogP contribution in [0.2, 0.25) is 0 Å². The second-order valence-corrected chi connectivity index (χ2v) is 11.2. The molecular weight excluding hydrogens is 554 g/mol. The van der Waals surface area contributed by atoms with Gasteiger partial charge in [-0.2, -0.15) is 0 Å². The Hall–Kier alpha value is -6.21. The van der Waals surface area contributed by atoms with Crippen molar-refractivity contribution in [1.82, 2.24) is 34.1 Å². The first-order chi connectivity index (χ1) is 22.2. The number of hydrogen-bond donors (Lipinski definition) is 0. The molecule has 0 saturated heterocycles. The standard InChI is InChI=1S/C38H25N7/c1-24-20-31(29-10-6-14-37(42-29)44-33-12-4-2-8-25(33)27-16-18-39-22-35(27)44)41-32(21-24)30-11-7-15-38(43-30)45-34-13-5-3-9-26(34)28-17-19-40-23-36(28)45/h2-23H,1H3. The molecule has 0 bridgehead atoms. The van der Waals surface area contributed by atoms with Crippen LogP contribution < -0.4 is 0 Å². The smallest absolute Gasteiger partial charge is 0.138 e. The summed E-state index contributed by atoms with van der Waals surface area (Å²) in [6.45, 7) is 2.08. The van der Waals surface area contributed by atoms with Gasteiger partial charge >= 0.3 is 0 Å². The molecule has 0 amide bonds. The molecule has 2 aromatic carbocycles. The molecule has 7 heterocycles. The minimum absolute atomic E-state index is 0.789. The molecule has 0 spiro atoms. The van der Waals surface area contributed by atoms with Crippen LogP contribution in [-0.4, -0.2) is 34.1 Å². The van der Waals surface area contributed by atoms with Crippen LogP contribution in [0.25, 0.3) is 78.0 Å². The van der Waals surface area contributed by atoms with Crippen LogP contribution in [0.1, 0.15) is 5.56 Å². The fourth-order valence-corrected chi connectivity index (χ4v) is 6.44. The Bertz CT molecular complexity index is 2290. The number of aryl methyl sites for hydroxylation is 1. The highest BCUT2D eigenvalue weighted by Gasteiger charge is 2.16. The molecule has 0 aliphatic rings. The third kappa shape index (κ3) is 4.02. The lowest BCUT2D eigenvalue weighted by Crippen LogP contribution is -2.01. The van der Waals surface area contributed by atoms with Gasteiger partial charge in [-0.05, 0) is 73.2 Å². The van der Waals surface area contributed by atoms with E-state index in [0.29, 0.717) is 0 Å². The zero-order valence-corrected chi connectivity index (χ0v) is 24.3. The van der Waals surface area contributed by atoms with E-state index >= 15 is 0 Å². The zero-order valence-electron chi connectivity index (χ0n) is 24.3. The molecule has 45 heavy (non-hydrogen) atoms. The van der Waals surface area contributed by atoms with Crippen LogP contribution in [-0.2, 0) is 0 Å². The third-order valence-corrected chi connectivity index (χ3v) is 8.37. The lowest BCUT2D eigenvalue weighted by Gasteiger charge is -2.11. The zero-order chi connectivity index (χ0) is 29.9. The summed E-state index contributed by atoms with van der Waals surface area (Å²) in [5.74, 6) is 1.63. The predicted molar refractivity (Wildman–Crippen MR) is 180 cm³/mol. The van der Waals surface area contributed by atoms with Gasteiger partial charge < -0.3 is 0 Å². The van der Waals surface area contributed by atoms with E-state index in [2.05, 4.69) is 98.8 Å². The first-order valence-corrected chi connectivity index (χ1v) is 14.8. The fourth-order valence-electron chi connectivity index (χ4n) is 6.44. The van der Waals surface area contributed by atoms with Gasteiger partial charge in [0.2, 0.25) is 0 Å². The summed E-state index contributed by atoms with van der Waals surface area (Å²) in [6.07, 6.45) is 7.47. The van der Waals surface area contributed by atoms with E-state index in [4.69, 9.17) is 15.0 Å². The van der Waals surface area contributed by atoms with Gasteiger partial charge in [0.15, 0.2) is 0 Å². The molecule has 7 heteroatoms. The Kier molecular flexibility index (Phi) is 5.58. The fraction of sp³-hybridized carbons (Fsp3) is 0.0263. The highest BCUT2D eigenvalue weighted by atomic mass is 15.1. The largest absolute Gasteiger partial charge is 0.292 e. The number of hydrogen-bond acceptors (Lipinski definition) is 5. The number of rotatable bonds is 4. The van der Waals surface area contributed by atoms with Gasteiger partial charge in [-0.15, -0.1) is 0 Å². The molecule has 0 fully saturated rings. The molecule has 7 aromatic heterocycles. The average molecular weight is 580 g/mol. The van der Waals surface area contributed by atoms with E-state index in [0.717, 1.165) is 72.8 Å². The molecule has 0 unspecified atom stereocenters. The minimum Gasteiger partial charge on any atom is -0.292 e. The van der Waals surface area contributed by atoms with Gasteiger partial charge in [0.1, 0.15) is 11.6 Å². The molecule has 9 rings (SSSR count). The van der Waals surface area contributed by atoms with Gasteiger partial charge in [-0.25, -0.2) is 15.0 Å². The number of fused-ring (bicyclic) bond motifs is 6. The minimum atomic E-state index is 0.789. The van der Waals surface area contributed by atoms with Crippen molar-refractivity contribution in [2.24, 2.45) is 0 Å². The molecule has 0 aliphatic carbocycles. The van der Waals surface area contributed by atoms with E-state index in [1.165, 1.54) is 10.8 Å². The molecule has 0 saturated carbocycles. The molecule has 0 aliphatic heterocycles. The highest BCUT2D eigenvalue weighted by Crippen LogP contribution is 2.33. The molecule has 212 valence electrons. The van der Waals surface area contributed by atoms with E-state index in [1.54, 1.807) is 0 Å². The quantitative estimate of drug-likeness (QED) is 0.209. The topological polar surface area (TPSA) is 74.3 Å². The van der Waals surface area contributed by atoms with Crippen molar-refractivity contribution in [1.29, 1.82) is 0 Å². The van der Waals surface area contributed by atoms with Gasteiger partial charge in [-0.1, -0.05) is 48.5 Å². The Labute approximate surface area is 258 Å². The summed E-state index contributed by atoms with van der Waals surface area (Å²) in [5, 5.41) is 4.63. The Morgan fingerprint density at radius 1 is 0.422 bits per heavy atom. The second-order valence-electron chi connectivity index (χ2n) is 11.2. The first kappa shape index (κ1) is 25.3. The van der Waals surface area contributed by atoms with Gasteiger partial charge in [0.25, 0.3) is 0 Å². The van der Waals surface area contributed by atoms with Gasteiger partial charge in [-0.3, -0.25) is 19.1 Å². The monoisotopic (exact) mass is 579 g/mol. The van der Waals surface area contributed by atoms with E-state index < -0.39 is 0 Å². The van der Waals surface area contributed by atoms with Crippen molar-refractivity contribution in [3.8, 4) is 34.4 Å². The molecule has 7 nitrogen and oxygen atoms in total. The van der Waals surface area contributed by atoms with Crippen LogP contribution in [0.3, 0.4) is 0 Å². The van der Waals surface area contributed by atoms with Crippen LogP contribution in [0.4, 0.5) is 0 Å². The molecule has 0 radical (unpaired) electrons. The molecule has 0 N–H and O–H groups in total. The van der Waals surface area contributed by atoms with Crippen LogP contribution >= 0.6 is 0 Å². The number of aromatic nitrogens is 7. The second kappa shape index (κ2) is 9.92. The SMILES string of the molecule is Cc1cc(-c2cccc(-n3c4ccccc4c4ccncc43)n2)nc(-c2cccc(-n3c4ccccc4c4ccncc43)n2)c1. The number of nitrogens with zero attached hydrogens (tertiary/aromatic N) is 7. The van der Waals surface area contributed by atoms with Crippen molar-refractivity contribution < 1.29 is 0 Å². The summed E-state index contributed by atoms with van der Waals surface area (Å²) in [4.78, 5) is 24.2. The summed E-state index contributed by atoms with van der Waals surface area (Å²) >= 11 is 0. The Morgan fingerprint density at radius 3 is 1.40 bits per heavy atom. The lowest BCUT2D eigenvalue weighted by molar-refractivity contribution is 1.06. The Morgan fingerprint density at radius 2 is 0.889 bits per heavy atom. The number of benzene rings is 2. The number of para-hydroxylation sites is 2. The lowest BCUT2D eigenvalue weighted by atomic mass is 10.1. The van der Waals surface area contributed by atoms with E-state index in [1.807, 2.05) is 61.2 Å². The van der Waals surface area contributed by atoms with Crippen molar-refractivity contribution in [2.45, 2.75) is 6.92 Å². The Balaban J connectivity index is 1.17. The summed E-state index contributed by atoms with van der Waals surface area (Å²) in [6, 6.07) is 37.2. The van der Waals surface area contributed by atoms with Gasteiger partial charge in [0, 0.05) is 33.9 Å². The van der Waals surface area contributed by atoms with Crippen LogP contribution in [0.15, 0.2) is 134 Å². The maximum atomic E-state index is 5.13. The molecular formula is C38H25N7. The van der Waals surface area contributed by atoms with E-state index in [-0.39, 0.29) is 0 Å². The van der Waals surface area contributed by atoms with Crippen molar-refractivity contribution in [3.63, 3.8) is 0 Å². The molecule has 9 aromatic rings. The summed E-state index contributed by atoms with van der Waals surface area (Å²) < 4.78 is 4.34. The van der Waals surface area contributed by atoms with Crippen molar-refractivity contribution in [3.05, 3.63) is 140 Å². The number of pyridine rings is 5.